The molecule has 18 heavy (non-hydrogen) atoms. The van der Waals surface area contributed by atoms with Gasteiger partial charge in [0, 0.05) is 5.69 Å². The van der Waals surface area contributed by atoms with Crippen LogP contribution in [-0.2, 0) is 9.59 Å². The van der Waals surface area contributed by atoms with Gasteiger partial charge < -0.3 is 10.2 Å². The molecule has 4 heteroatoms. The number of hydrogen-bond donors (Lipinski definition) is 1. The van der Waals surface area contributed by atoms with Gasteiger partial charge in [0.25, 0.3) is 5.91 Å². The average molecular weight is 244 g/mol. The second kappa shape index (κ2) is 4.12. The topological polar surface area (TPSA) is 49.4 Å². The predicted molar refractivity (Wildman–Crippen MR) is 68.1 cm³/mol. The lowest BCUT2D eigenvalue weighted by Gasteiger charge is -2.39. The van der Waals surface area contributed by atoms with E-state index in [0.717, 1.165) is 31.4 Å². The molecule has 2 amide bonds. The summed E-state index contributed by atoms with van der Waals surface area (Å²) in [5, 5.41) is 2.91. The molecule has 0 radical (unpaired) electrons. The summed E-state index contributed by atoms with van der Waals surface area (Å²) in [7, 11) is 0. The first-order valence-electron chi connectivity index (χ1n) is 6.39. The van der Waals surface area contributed by atoms with E-state index in [1.165, 1.54) is 0 Å². The van der Waals surface area contributed by atoms with E-state index in [2.05, 4.69) is 5.32 Å². The number of para-hydroxylation sites is 1. The molecule has 94 valence electrons. The summed E-state index contributed by atoms with van der Waals surface area (Å²) < 4.78 is 0. The van der Waals surface area contributed by atoms with Crippen molar-refractivity contribution in [3.05, 3.63) is 30.3 Å². The molecule has 1 spiro atoms. The Morgan fingerprint density at radius 3 is 2.39 bits per heavy atom. The van der Waals surface area contributed by atoms with Gasteiger partial charge in [-0.1, -0.05) is 31.0 Å². The van der Waals surface area contributed by atoms with Crippen LogP contribution in [0.2, 0.25) is 0 Å². The van der Waals surface area contributed by atoms with Crippen molar-refractivity contribution in [2.24, 2.45) is 0 Å². The van der Waals surface area contributed by atoms with Crippen molar-refractivity contribution >= 4 is 17.5 Å². The predicted octanol–water partition coefficient (Wildman–Crippen LogP) is 1.46. The molecule has 2 fully saturated rings. The van der Waals surface area contributed by atoms with Crippen molar-refractivity contribution < 1.29 is 9.59 Å². The Morgan fingerprint density at radius 1 is 1.06 bits per heavy atom. The van der Waals surface area contributed by atoms with Gasteiger partial charge in [0.1, 0.15) is 12.1 Å². The van der Waals surface area contributed by atoms with Gasteiger partial charge in [-0.05, 0) is 25.0 Å². The second-order valence-electron chi connectivity index (χ2n) is 5.06. The Kier molecular flexibility index (Phi) is 2.58. The summed E-state index contributed by atoms with van der Waals surface area (Å²) in [4.78, 5) is 26.1. The van der Waals surface area contributed by atoms with E-state index < -0.39 is 5.54 Å². The van der Waals surface area contributed by atoms with E-state index in [4.69, 9.17) is 0 Å². The molecule has 1 saturated heterocycles. The van der Waals surface area contributed by atoms with E-state index in [0.29, 0.717) is 0 Å². The second-order valence-corrected chi connectivity index (χ2v) is 5.06. The lowest BCUT2D eigenvalue weighted by molar-refractivity contribution is -0.135. The molecule has 1 aliphatic heterocycles. The zero-order valence-corrected chi connectivity index (χ0v) is 10.2. The fourth-order valence-electron chi connectivity index (χ4n) is 2.97. The first kappa shape index (κ1) is 11.3. The van der Waals surface area contributed by atoms with Crippen LogP contribution >= 0.6 is 0 Å². The van der Waals surface area contributed by atoms with Crippen molar-refractivity contribution in [2.45, 2.75) is 31.2 Å². The largest absolute Gasteiger partial charge is 0.340 e. The van der Waals surface area contributed by atoms with Crippen LogP contribution in [0.3, 0.4) is 0 Å². The third-order valence-electron chi connectivity index (χ3n) is 3.86. The number of anilines is 1. The number of benzene rings is 1. The molecule has 1 saturated carbocycles. The van der Waals surface area contributed by atoms with Crippen LogP contribution in [0.25, 0.3) is 0 Å². The van der Waals surface area contributed by atoms with Gasteiger partial charge in [-0.25, -0.2) is 0 Å². The fraction of sp³-hybridized carbons (Fsp3) is 0.429. The molecule has 0 atom stereocenters. The summed E-state index contributed by atoms with van der Waals surface area (Å²) in [5.41, 5.74) is 0.175. The molecular weight excluding hydrogens is 228 g/mol. The van der Waals surface area contributed by atoms with Crippen molar-refractivity contribution in [1.82, 2.24) is 5.32 Å². The maximum absolute atomic E-state index is 12.6. The Hall–Kier alpha value is -1.84. The van der Waals surface area contributed by atoms with Gasteiger partial charge in [-0.3, -0.25) is 9.59 Å². The maximum atomic E-state index is 12.6. The number of rotatable bonds is 1. The zero-order chi connectivity index (χ0) is 12.6. The molecule has 1 N–H and O–H groups in total. The Morgan fingerprint density at radius 2 is 1.72 bits per heavy atom. The molecule has 0 bridgehead atoms. The molecule has 2 aliphatic rings. The average Bonchev–Trinajstić information content (AvgIpc) is 2.84. The standard InChI is InChI=1S/C14H16N2O2/c17-12-10-16(11-6-2-1-3-7-11)13(18)14(15-12)8-4-5-9-14/h1-3,6-7H,4-5,8-10H2,(H,15,17). The zero-order valence-electron chi connectivity index (χ0n) is 10.2. The highest BCUT2D eigenvalue weighted by Crippen LogP contribution is 2.34. The summed E-state index contributed by atoms with van der Waals surface area (Å²) in [6.45, 7) is 0.130. The van der Waals surface area contributed by atoms with Gasteiger partial charge in [0.2, 0.25) is 5.91 Å². The Balaban J connectivity index is 1.95. The number of carbonyl (C=O) groups is 2. The van der Waals surface area contributed by atoms with E-state index in [9.17, 15) is 9.59 Å². The van der Waals surface area contributed by atoms with Gasteiger partial charge in [-0.2, -0.15) is 0 Å². The lowest BCUT2D eigenvalue weighted by Crippen LogP contribution is -2.65. The van der Waals surface area contributed by atoms with Crippen molar-refractivity contribution in [1.29, 1.82) is 0 Å². The number of nitrogens with one attached hydrogen (secondary N) is 1. The summed E-state index contributed by atoms with van der Waals surface area (Å²) in [5.74, 6) is -0.00819. The first-order valence-corrected chi connectivity index (χ1v) is 6.39. The van der Waals surface area contributed by atoms with E-state index in [1.807, 2.05) is 30.3 Å². The molecule has 1 aromatic rings. The number of amides is 2. The summed E-state index contributed by atoms with van der Waals surface area (Å²) >= 11 is 0. The molecule has 1 aliphatic carbocycles. The highest BCUT2D eigenvalue weighted by molar-refractivity contribution is 6.09. The van der Waals surface area contributed by atoms with E-state index >= 15 is 0 Å². The third-order valence-corrected chi connectivity index (χ3v) is 3.86. The van der Waals surface area contributed by atoms with Crippen LogP contribution in [0.1, 0.15) is 25.7 Å². The van der Waals surface area contributed by atoms with Crippen molar-refractivity contribution in [2.75, 3.05) is 11.4 Å². The molecule has 1 heterocycles. The SMILES string of the molecule is O=C1CN(c2ccccc2)C(=O)C2(CCCC2)N1. The molecule has 4 nitrogen and oxygen atoms in total. The van der Waals surface area contributed by atoms with Crippen LogP contribution in [0, 0.1) is 0 Å². The van der Waals surface area contributed by atoms with Crippen LogP contribution in [0.4, 0.5) is 5.69 Å². The Labute approximate surface area is 106 Å². The van der Waals surface area contributed by atoms with Gasteiger partial charge in [-0.15, -0.1) is 0 Å². The van der Waals surface area contributed by atoms with Crippen LogP contribution in [-0.4, -0.2) is 23.9 Å². The minimum Gasteiger partial charge on any atom is -0.340 e. The minimum atomic E-state index is -0.634. The monoisotopic (exact) mass is 244 g/mol. The molecule has 0 unspecified atom stereocenters. The highest BCUT2D eigenvalue weighted by Gasteiger charge is 2.48. The van der Waals surface area contributed by atoms with E-state index in [-0.39, 0.29) is 18.4 Å². The molecule has 3 rings (SSSR count). The lowest BCUT2D eigenvalue weighted by atomic mass is 9.92. The highest BCUT2D eigenvalue weighted by atomic mass is 16.2. The van der Waals surface area contributed by atoms with Crippen LogP contribution in [0.15, 0.2) is 30.3 Å². The molecular formula is C14H16N2O2. The van der Waals surface area contributed by atoms with Crippen molar-refractivity contribution in [3.63, 3.8) is 0 Å². The number of carbonyl (C=O) groups excluding carboxylic acids is 2. The number of piperazine rings is 1. The van der Waals surface area contributed by atoms with E-state index in [1.54, 1.807) is 4.90 Å². The number of nitrogens with zero attached hydrogens (tertiary/aromatic N) is 1. The number of hydrogen-bond acceptors (Lipinski definition) is 2. The smallest absolute Gasteiger partial charge is 0.253 e. The third kappa shape index (κ3) is 1.68. The minimum absolute atomic E-state index is 0.0470. The Bertz CT molecular complexity index is 478. The molecule has 0 aromatic heterocycles. The maximum Gasteiger partial charge on any atom is 0.253 e. The van der Waals surface area contributed by atoms with Gasteiger partial charge >= 0.3 is 0 Å². The van der Waals surface area contributed by atoms with Crippen molar-refractivity contribution in [3.8, 4) is 0 Å². The normalized spacial score (nSPS) is 22.3. The summed E-state index contributed by atoms with van der Waals surface area (Å²) in [6, 6.07) is 9.43. The van der Waals surface area contributed by atoms with Gasteiger partial charge in [0.15, 0.2) is 0 Å². The summed E-state index contributed by atoms with van der Waals surface area (Å²) in [6.07, 6.45) is 3.55. The van der Waals surface area contributed by atoms with Gasteiger partial charge in [0.05, 0.1) is 0 Å². The fourth-order valence-corrected chi connectivity index (χ4v) is 2.97. The quantitative estimate of drug-likeness (QED) is 0.813. The van der Waals surface area contributed by atoms with Crippen LogP contribution in [0.5, 0.6) is 0 Å². The first-order chi connectivity index (χ1) is 8.71. The molecule has 1 aromatic carbocycles. The van der Waals surface area contributed by atoms with Crippen LogP contribution < -0.4 is 10.2 Å².